The van der Waals surface area contributed by atoms with Gasteiger partial charge in [-0.1, -0.05) is 0 Å². The number of hydrogen-bond donors (Lipinski definition) is 2. The van der Waals surface area contributed by atoms with Gasteiger partial charge in [0.1, 0.15) is 0 Å². The van der Waals surface area contributed by atoms with Gasteiger partial charge < -0.3 is 10.6 Å². The Labute approximate surface area is 97.0 Å². The van der Waals surface area contributed by atoms with Crippen molar-refractivity contribution in [1.82, 2.24) is 5.32 Å². The lowest BCUT2D eigenvalue weighted by Gasteiger charge is -2.13. The fourth-order valence-electron chi connectivity index (χ4n) is 1.39. The normalized spacial score (nSPS) is 11.1. The van der Waals surface area contributed by atoms with Crippen molar-refractivity contribution in [3.8, 4) is 0 Å². The summed E-state index contributed by atoms with van der Waals surface area (Å²) < 4.78 is 37.5. The van der Waals surface area contributed by atoms with Crippen LogP contribution < -0.4 is 10.6 Å². The molecule has 0 aliphatic heterocycles. The average Bonchev–Trinajstić information content (AvgIpc) is 2.27. The molecule has 0 bridgehead atoms. The molecule has 0 radical (unpaired) electrons. The van der Waals surface area contributed by atoms with Gasteiger partial charge in [0.15, 0.2) is 0 Å². The number of benzene rings is 1. The zero-order valence-corrected chi connectivity index (χ0v) is 9.48. The van der Waals surface area contributed by atoms with Crippen LogP contribution in [0.1, 0.15) is 22.8 Å². The minimum atomic E-state index is -4.45. The minimum Gasteiger partial charge on any atom is -0.385 e. The van der Waals surface area contributed by atoms with E-state index in [0.717, 1.165) is 12.1 Å². The van der Waals surface area contributed by atoms with Crippen molar-refractivity contribution in [3.63, 3.8) is 0 Å². The maximum atomic E-state index is 12.5. The smallest absolute Gasteiger partial charge is 0.385 e. The summed E-state index contributed by atoms with van der Waals surface area (Å²) in [4.78, 5) is 11.5. The molecule has 0 atom stereocenters. The number of carbonyl (C=O) groups excluding carboxylic acids is 1. The van der Waals surface area contributed by atoms with E-state index in [1.54, 1.807) is 6.92 Å². The molecule has 0 saturated carbocycles. The third-order valence-electron chi connectivity index (χ3n) is 2.19. The van der Waals surface area contributed by atoms with Crippen LogP contribution in [0.3, 0.4) is 0 Å². The quantitative estimate of drug-likeness (QED) is 0.860. The first-order valence-corrected chi connectivity index (χ1v) is 5.07. The molecule has 0 fully saturated rings. The molecule has 0 aromatic heterocycles. The van der Waals surface area contributed by atoms with E-state index >= 15 is 0 Å². The van der Waals surface area contributed by atoms with Crippen LogP contribution in [-0.2, 0) is 6.18 Å². The summed E-state index contributed by atoms with van der Waals surface area (Å²) in [5.74, 6) is -0.549. The van der Waals surface area contributed by atoms with Crippen molar-refractivity contribution >= 4 is 11.6 Å². The van der Waals surface area contributed by atoms with Crippen molar-refractivity contribution in [2.24, 2.45) is 0 Å². The standard InChI is InChI=1S/C11H13F3N2O/c1-3-16-9-5-4-7(11(12,13)14)6-8(9)10(17)15-2/h4-6,16H,3H2,1-2H3,(H,15,17). The number of amides is 1. The Bertz CT molecular complexity index is 416. The summed E-state index contributed by atoms with van der Waals surface area (Å²) in [6.45, 7) is 2.32. The molecule has 0 aliphatic rings. The number of halogens is 3. The van der Waals surface area contributed by atoms with Gasteiger partial charge in [-0.2, -0.15) is 13.2 Å². The molecular weight excluding hydrogens is 233 g/mol. The van der Waals surface area contributed by atoms with E-state index in [2.05, 4.69) is 10.6 Å². The van der Waals surface area contributed by atoms with E-state index in [1.165, 1.54) is 13.1 Å². The molecule has 0 saturated heterocycles. The van der Waals surface area contributed by atoms with Gasteiger partial charge in [-0.05, 0) is 25.1 Å². The van der Waals surface area contributed by atoms with Crippen LogP contribution in [0.4, 0.5) is 18.9 Å². The van der Waals surface area contributed by atoms with Gasteiger partial charge in [-0.3, -0.25) is 4.79 Å². The summed E-state index contributed by atoms with van der Waals surface area (Å²) in [5.41, 5.74) is -0.457. The second-order valence-electron chi connectivity index (χ2n) is 3.37. The summed E-state index contributed by atoms with van der Waals surface area (Å²) in [6, 6.07) is 3.05. The van der Waals surface area contributed by atoms with Gasteiger partial charge in [0.25, 0.3) is 5.91 Å². The van der Waals surface area contributed by atoms with Crippen molar-refractivity contribution in [2.75, 3.05) is 18.9 Å². The van der Waals surface area contributed by atoms with Crippen LogP contribution in [0.25, 0.3) is 0 Å². The largest absolute Gasteiger partial charge is 0.416 e. The van der Waals surface area contributed by atoms with Crippen molar-refractivity contribution < 1.29 is 18.0 Å². The van der Waals surface area contributed by atoms with E-state index in [-0.39, 0.29) is 5.56 Å². The molecule has 1 aromatic rings. The molecule has 1 rings (SSSR count). The predicted molar refractivity (Wildman–Crippen MR) is 59.0 cm³/mol. The van der Waals surface area contributed by atoms with Crippen LogP contribution in [0.15, 0.2) is 18.2 Å². The third-order valence-corrected chi connectivity index (χ3v) is 2.19. The molecule has 1 amide bonds. The Kier molecular flexibility index (Phi) is 3.98. The zero-order chi connectivity index (χ0) is 13.1. The molecule has 1 aromatic carbocycles. The molecule has 0 aliphatic carbocycles. The Morgan fingerprint density at radius 1 is 1.35 bits per heavy atom. The molecule has 0 heterocycles. The lowest BCUT2D eigenvalue weighted by Crippen LogP contribution is -2.20. The van der Waals surface area contributed by atoms with E-state index < -0.39 is 17.6 Å². The fraction of sp³-hybridized carbons (Fsp3) is 0.364. The molecule has 3 nitrogen and oxygen atoms in total. The first kappa shape index (κ1) is 13.3. The highest BCUT2D eigenvalue weighted by Gasteiger charge is 2.31. The Hall–Kier alpha value is -1.72. The number of rotatable bonds is 3. The van der Waals surface area contributed by atoms with E-state index in [9.17, 15) is 18.0 Å². The lowest BCUT2D eigenvalue weighted by atomic mass is 10.1. The minimum absolute atomic E-state index is 0.0100. The van der Waals surface area contributed by atoms with Crippen LogP contribution in [0, 0.1) is 0 Å². The highest BCUT2D eigenvalue weighted by atomic mass is 19.4. The van der Waals surface area contributed by atoms with E-state index in [4.69, 9.17) is 0 Å². The highest BCUT2D eigenvalue weighted by molar-refractivity contribution is 5.99. The third kappa shape index (κ3) is 3.12. The monoisotopic (exact) mass is 246 g/mol. The van der Waals surface area contributed by atoms with Crippen molar-refractivity contribution in [2.45, 2.75) is 13.1 Å². The Balaban J connectivity index is 3.24. The second-order valence-corrected chi connectivity index (χ2v) is 3.37. The van der Waals surface area contributed by atoms with Gasteiger partial charge in [0, 0.05) is 19.3 Å². The molecular formula is C11H13F3N2O. The molecule has 0 unspecified atom stereocenters. The number of carbonyl (C=O) groups is 1. The average molecular weight is 246 g/mol. The van der Waals surface area contributed by atoms with Crippen LogP contribution in [-0.4, -0.2) is 19.5 Å². The van der Waals surface area contributed by atoms with Gasteiger partial charge in [0.2, 0.25) is 0 Å². The molecule has 0 spiro atoms. The summed E-state index contributed by atoms with van der Waals surface area (Å²) in [6.07, 6.45) is -4.45. The highest BCUT2D eigenvalue weighted by Crippen LogP contribution is 2.31. The SMILES string of the molecule is CCNc1ccc(C(F)(F)F)cc1C(=O)NC. The summed E-state index contributed by atoms with van der Waals surface area (Å²) >= 11 is 0. The molecule has 6 heteroatoms. The first-order chi connectivity index (χ1) is 7.90. The Morgan fingerprint density at radius 2 is 2.00 bits per heavy atom. The topological polar surface area (TPSA) is 41.1 Å². The first-order valence-electron chi connectivity index (χ1n) is 5.07. The van der Waals surface area contributed by atoms with Crippen LogP contribution in [0.2, 0.25) is 0 Å². The zero-order valence-electron chi connectivity index (χ0n) is 9.48. The van der Waals surface area contributed by atoms with Crippen molar-refractivity contribution in [3.05, 3.63) is 29.3 Å². The van der Waals surface area contributed by atoms with Crippen LogP contribution in [0.5, 0.6) is 0 Å². The predicted octanol–water partition coefficient (Wildman–Crippen LogP) is 2.50. The van der Waals surface area contributed by atoms with Gasteiger partial charge >= 0.3 is 6.18 Å². The molecule has 94 valence electrons. The number of anilines is 1. The Morgan fingerprint density at radius 3 is 2.47 bits per heavy atom. The van der Waals surface area contributed by atoms with Crippen LogP contribution >= 0.6 is 0 Å². The van der Waals surface area contributed by atoms with E-state index in [0.29, 0.717) is 12.2 Å². The van der Waals surface area contributed by atoms with Gasteiger partial charge in [-0.15, -0.1) is 0 Å². The maximum absolute atomic E-state index is 12.5. The number of alkyl halides is 3. The molecule has 17 heavy (non-hydrogen) atoms. The van der Waals surface area contributed by atoms with Gasteiger partial charge in [-0.25, -0.2) is 0 Å². The summed E-state index contributed by atoms with van der Waals surface area (Å²) in [5, 5.41) is 5.15. The fourth-order valence-corrected chi connectivity index (χ4v) is 1.39. The van der Waals surface area contributed by atoms with E-state index in [1.807, 2.05) is 0 Å². The number of hydrogen-bond acceptors (Lipinski definition) is 2. The summed E-state index contributed by atoms with van der Waals surface area (Å²) in [7, 11) is 1.37. The maximum Gasteiger partial charge on any atom is 0.416 e. The number of nitrogens with one attached hydrogen (secondary N) is 2. The lowest BCUT2D eigenvalue weighted by molar-refractivity contribution is -0.137. The van der Waals surface area contributed by atoms with Gasteiger partial charge in [0.05, 0.1) is 11.1 Å². The second kappa shape index (κ2) is 5.07. The molecule has 2 N–H and O–H groups in total. The van der Waals surface area contributed by atoms with Crippen molar-refractivity contribution in [1.29, 1.82) is 0 Å².